The third kappa shape index (κ3) is 2.33. The van der Waals surface area contributed by atoms with Gasteiger partial charge >= 0.3 is 5.97 Å². The number of aliphatic hydroxyl groups excluding tert-OH is 2. The minimum atomic E-state index is -1.67. The van der Waals surface area contributed by atoms with Gasteiger partial charge in [-0.05, 0) is 5.92 Å². The fraction of sp³-hybridized carbons (Fsp3) is 0.833. The molecule has 0 saturated heterocycles. The Bertz CT molecular complexity index is 121. The van der Waals surface area contributed by atoms with Crippen LogP contribution in [0.4, 0.5) is 0 Å². The fourth-order valence-corrected chi connectivity index (χ4v) is 0.511. The summed E-state index contributed by atoms with van der Waals surface area (Å²) in [4.78, 5) is 10.0. The molecule has 4 heteroatoms. The lowest BCUT2D eigenvalue weighted by atomic mass is 10.0. The molecule has 0 radical (unpaired) electrons. The van der Waals surface area contributed by atoms with Gasteiger partial charge in [-0.15, -0.1) is 0 Å². The van der Waals surface area contributed by atoms with Gasteiger partial charge < -0.3 is 15.3 Å². The Balaban J connectivity index is 3.94. The van der Waals surface area contributed by atoms with E-state index in [0.717, 1.165) is 0 Å². The molecule has 10 heavy (non-hydrogen) atoms. The van der Waals surface area contributed by atoms with Crippen LogP contribution in [-0.4, -0.2) is 33.5 Å². The van der Waals surface area contributed by atoms with Crippen molar-refractivity contribution in [2.45, 2.75) is 26.1 Å². The van der Waals surface area contributed by atoms with E-state index in [1.54, 1.807) is 13.8 Å². The molecule has 0 bridgehead atoms. The Morgan fingerprint density at radius 3 is 1.80 bits per heavy atom. The number of carbonyl (C=O) groups is 1. The third-order valence-electron chi connectivity index (χ3n) is 1.26. The van der Waals surface area contributed by atoms with Gasteiger partial charge in [-0.2, -0.15) is 0 Å². The maximum Gasteiger partial charge on any atom is 0.335 e. The maximum absolute atomic E-state index is 10.0. The lowest BCUT2D eigenvalue weighted by Gasteiger charge is -2.16. The Morgan fingerprint density at radius 2 is 1.70 bits per heavy atom. The summed E-state index contributed by atoms with van der Waals surface area (Å²) < 4.78 is 0. The molecular weight excluding hydrogens is 136 g/mol. The summed E-state index contributed by atoms with van der Waals surface area (Å²) in [6.45, 7) is 3.27. The van der Waals surface area contributed by atoms with Gasteiger partial charge in [0.15, 0.2) is 6.10 Å². The summed E-state index contributed by atoms with van der Waals surface area (Å²) in [5, 5.41) is 25.8. The highest BCUT2D eigenvalue weighted by Crippen LogP contribution is 2.05. The number of aliphatic hydroxyl groups is 2. The number of rotatable bonds is 3. The second-order valence-corrected chi connectivity index (χ2v) is 2.52. The summed E-state index contributed by atoms with van der Waals surface area (Å²) in [6, 6.07) is 0. The summed E-state index contributed by atoms with van der Waals surface area (Å²) in [5.74, 6) is -1.63. The molecule has 0 aromatic heterocycles. The van der Waals surface area contributed by atoms with Crippen LogP contribution in [0.15, 0.2) is 0 Å². The van der Waals surface area contributed by atoms with Crippen LogP contribution < -0.4 is 0 Å². The Kier molecular flexibility index (Phi) is 3.32. The first-order chi connectivity index (χ1) is 4.46. The zero-order chi connectivity index (χ0) is 8.31. The van der Waals surface area contributed by atoms with E-state index in [1.807, 2.05) is 0 Å². The van der Waals surface area contributed by atoms with E-state index in [-0.39, 0.29) is 5.92 Å². The van der Waals surface area contributed by atoms with E-state index >= 15 is 0 Å². The van der Waals surface area contributed by atoms with Gasteiger partial charge in [0.1, 0.15) is 0 Å². The van der Waals surface area contributed by atoms with E-state index < -0.39 is 18.2 Å². The second-order valence-electron chi connectivity index (χ2n) is 2.52. The molecule has 0 saturated carbocycles. The topological polar surface area (TPSA) is 77.8 Å². The molecule has 0 amide bonds. The van der Waals surface area contributed by atoms with Crippen LogP contribution >= 0.6 is 0 Å². The van der Waals surface area contributed by atoms with Crippen molar-refractivity contribution >= 4 is 5.97 Å². The zero-order valence-corrected chi connectivity index (χ0v) is 5.98. The van der Waals surface area contributed by atoms with Crippen LogP contribution in [0.3, 0.4) is 0 Å². The summed E-state index contributed by atoms with van der Waals surface area (Å²) in [6.07, 6.45) is -2.85. The smallest absolute Gasteiger partial charge is 0.335 e. The van der Waals surface area contributed by atoms with E-state index in [0.29, 0.717) is 0 Å². The molecule has 0 aliphatic carbocycles. The number of aliphatic carboxylic acids is 1. The van der Waals surface area contributed by atoms with Crippen LogP contribution in [0.2, 0.25) is 0 Å². The minimum absolute atomic E-state index is 0.244. The zero-order valence-electron chi connectivity index (χ0n) is 5.98. The largest absolute Gasteiger partial charge is 0.479 e. The van der Waals surface area contributed by atoms with E-state index in [4.69, 9.17) is 15.3 Å². The SMILES string of the molecule is CC(C)[C@H](O)C(O)C(=O)O. The molecule has 4 nitrogen and oxygen atoms in total. The molecule has 3 N–H and O–H groups in total. The van der Waals surface area contributed by atoms with E-state index in [9.17, 15) is 4.79 Å². The quantitative estimate of drug-likeness (QED) is 0.501. The van der Waals surface area contributed by atoms with Crippen molar-refractivity contribution in [3.63, 3.8) is 0 Å². The van der Waals surface area contributed by atoms with Crippen LogP contribution in [0.5, 0.6) is 0 Å². The predicted molar refractivity (Wildman–Crippen MR) is 34.5 cm³/mol. The summed E-state index contributed by atoms with van der Waals surface area (Å²) >= 11 is 0. The van der Waals surface area contributed by atoms with Gasteiger partial charge in [0.25, 0.3) is 0 Å². The molecule has 2 atom stereocenters. The predicted octanol–water partition coefficient (Wildman–Crippen LogP) is -0.551. The van der Waals surface area contributed by atoms with Crippen molar-refractivity contribution in [1.82, 2.24) is 0 Å². The minimum Gasteiger partial charge on any atom is -0.479 e. The molecule has 0 fully saturated rings. The van der Waals surface area contributed by atoms with Gasteiger partial charge in [-0.3, -0.25) is 0 Å². The molecule has 0 heterocycles. The molecule has 0 rings (SSSR count). The highest BCUT2D eigenvalue weighted by atomic mass is 16.4. The van der Waals surface area contributed by atoms with Crippen molar-refractivity contribution in [2.75, 3.05) is 0 Å². The normalized spacial score (nSPS) is 16.9. The number of carboxylic acid groups (broad SMARTS) is 1. The third-order valence-corrected chi connectivity index (χ3v) is 1.26. The van der Waals surface area contributed by atoms with Crippen molar-refractivity contribution in [3.8, 4) is 0 Å². The van der Waals surface area contributed by atoms with Crippen molar-refractivity contribution in [2.24, 2.45) is 5.92 Å². The van der Waals surface area contributed by atoms with Crippen LogP contribution in [0.1, 0.15) is 13.8 Å². The Hall–Kier alpha value is -0.610. The monoisotopic (exact) mass is 148 g/mol. The Morgan fingerprint density at radius 1 is 1.30 bits per heavy atom. The number of hydrogen-bond acceptors (Lipinski definition) is 3. The van der Waals surface area contributed by atoms with Crippen LogP contribution in [-0.2, 0) is 4.79 Å². The lowest BCUT2D eigenvalue weighted by molar-refractivity contribution is -0.154. The van der Waals surface area contributed by atoms with Gasteiger partial charge in [-0.25, -0.2) is 4.79 Å². The average molecular weight is 148 g/mol. The molecule has 0 aliphatic heterocycles. The van der Waals surface area contributed by atoms with Gasteiger partial charge in [0, 0.05) is 0 Å². The Labute approximate surface area is 59.1 Å². The molecule has 0 aromatic rings. The van der Waals surface area contributed by atoms with E-state index in [2.05, 4.69) is 0 Å². The molecule has 60 valence electrons. The van der Waals surface area contributed by atoms with Crippen molar-refractivity contribution in [1.29, 1.82) is 0 Å². The van der Waals surface area contributed by atoms with Crippen LogP contribution in [0.25, 0.3) is 0 Å². The van der Waals surface area contributed by atoms with Crippen molar-refractivity contribution in [3.05, 3.63) is 0 Å². The first-order valence-electron chi connectivity index (χ1n) is 3.05. The first kappa shape index (κ1) is 9.39. The summed E-state index contributed by atoms with van der Waals surface area (Å²) in [7, 11) is 0. The standard InChI is InChI=1S/C6H12O4/c1-3(2)4(7)5(8)6(9)10/h3-5,7-8H,1-2H3,(H,9,10)/t4-,5?/m0/s1. The highest BCUT2D eigenvalue weighted by molar-refractivity contribution is 5.72. The summed E-state index contributed by atoms with van der Waals surface area (Å²) in [5.41, 5.74) is 0. The van der Waals surface area contributed by atoms with Gasteiger partial charge in [0.2, 0.25) is 0 Å². The van der Waals surface area contributed by atoms with Crippen molar-refractivity contribution < 1.29 is 20.1 Å². The highest BCUT2D eigenvalue weighted by Gasteiger charge is 2.25. The molecular formula is C6H12O4. The van der Waals surface area contributed by atoms with Gasteiger partial charge in [0.05, 0.1) is 6.10 Å². The van der Waals surface area contributed by atoms with Crippen LogP contribution in [0, 0.1) is 5.92 Å². The number of hydrogen-bond donors (Lipinski definition) is 3. The average Bonchev–Trinajstić information content (AvgIpc) is 1.84. The second kappa shape index (κ2) is 3.53. The molecule has 0 spiro atoms. The number of carboxylic acids is 1. The van der Waals surface area contributed by atoms with Gasteiger partial charge in [-0.1, -0.05) is 13.8 Å². The molecule has 0 aromatic carbocycles. The first-order valence-corrected chi connectivity index (χ1v) is 3.05. The molecule has 1 unspecified atom stereocenters. The lowest BCUT2D eigenvalue weighted by Crippen LogP contribution is -2.37. The van der Waals surface area contributed by atoms with E-state index in [1.165, 1.54) is 0 Å². The molecule has 0 aliphatic rings. The maximum atomic E-state index is 10.0. The fourth-order valence-electron chi connectivity index (χ4n) is 0.511.